The lowest BCUT2D eigenvalue weighted by Crippen LogP contribution is -2.12. The number of aryl methyl sites for hydroxylation is 1. The van der Waals surface area contributed by atoms with Gasteiger partial charge >= 0.3 is 12.1 Å². The molecule has 0 amide bonds. The third-order valence-corrected chi connectivity index (χ3v) is 2.78. The maximum absolute atomic E-state index is 12.6. The predicted octanol–water partition coefficient (Wildman–Crippen LogP) is 4.05. The fraction of sp³-hybridized carbons (Fsp3) is 0.462. The molecule has 0 saturated carbocycles. The van der Waals surface area contributed by atoms with Crippen molar-refractivity contribution in [3.05, 3.63) is 34.9 Å². The summed E-state index contributed by atoms with van der Waals surface area (Å²) in [7, 11) is 0. The van der Waals surface area contributed by atoms with Gasteiger partial charge in [0.1, 0.15) is 0 Å². The van der Waals surface area contributed by atoms with Crippen LogP contribution >= 0.6 is 11.6 Å². The quantitative estimate of drug-likeness (QED) is 0.605. The first-order valence-electron chi connectivity index (χ1n) is 5.83. The van der Waals surface area contributed by atoms with Crippen molar-refractivity contribution >= 4 is 17.6 Å². The van der Waals surface area contributed by atoms with Crippen LogP contribution < -0.4 is 0 Å². The van der Waals surface area contributed by atoms with Crippen molar-refractivity contribution in [1.29, 1.82) is 0 Å². The highest BCUT2D eigenvalue weighted by Gasteiger charge is 2.31. The molecule has 0 spiro atoms. The number of esters is 1. The lowest BCUT2D eigenvalue weighted by molar-refractivity contribution is -0.137. The minimum Gasteiger partial charge on any atom is -0.462 e. The largest absolute Gasteiger partial charge is 0.462 e. The van der Waals surface area contributed by atoms with Crippen LogP contribution in [0.3, 0.4) is 0 Å². The van der Waals surface area contributed by atoms with Crippen molar-refractivity contribution in [2.75, 3.05) is 12.5 Å². The molecule has 0 fully saturated rings. The Labute approximate surface area is 114 Å². The average molecular weight is 295 g/mol. The Balaban J connectivity index is 3.14. The third kappa shape index (κ3) is 4.42. The Hall–Kier alpha value is -1.23. The first kappa shape index (κ1) is 15.8. The smallest absolute Gasteiger partial charge is 0.416 e. The zero-order chi connectivity index (χ0) is 14.5. The van der Waals surface area contributed by atoms with Crippen molar-refractivity contribution in [1.82, 2.24) is 0 Å². The molecule has 1 aromatic rings. The number of benzene rings is 1. The van der Waals surface area contributed by atoms with Crippen LogP contribution in [0.15, 0.2) is 18.2 Å². The topological polar surface area (TPSA) is 26.3 Å². The van der Waals surface area contributed by atoms with Crippen LogP contribution in [0.4, 0.5) is 13.2 Å². The van der Waals surface area contributed by atoms with Crippen LogP contribution in [-0.2, 0) is 17.3 Å². The van der Waals surface area contributed by atoms with Crippen molar-refractivity contribution in [3.63, 3.8) is 0 Å². The van der Waals surface area contributed by atoms with Gasteiger partial charge in [-0.2, -0.15) is 13.2 Å². The van der Waals surface area contributed by atoms with E-state index in [-0.39, 0.29) is 12.2 Å². The molecule has 0 aliphatic heterocycles. The zero-order valence-corrected chi connectivity index (χ0v) is 11.1. The van der Waals surface area contributed by atoms with Gasteiger partial charge in [-0.05, 0) is 37.5 Å². The van der Waals surface area contributed by atoms with E-state index in [2.05, 4.69) is 0 Å². The maximum atomic E-state index is 12.6. The number of halogens is 4. The summed E-state index contributed by atoms with van der Waals surface area (Å²) >= 11 is 5.55. The molecule has 19 heavy (non-hydrogen) atoms. The highest BCUT2D eigenvalue weighted by Crippen LogP contribution is 2.31. The number of rotatable bonds is 5. The molecule has 2 nitrogen and oxygen atoms in total. The van der Waals surface area contributed by atoms with Gasteiger partial charge in [0.05, 0.1) is 17.7 Å². The van der Waals surface area contributed by atoms with Crippen LogP contribution in [0.25, 0.3) is 0 Å². The summed E-state index contributed by atoms with van der Waals surface area (Å²) in [6, 6.07) is 3.11. The van der Waals surface area contributed by atoms with E-state index in [9.17, 15) is 18.0 Å². The van der Waals surface area contributed by atoms with E-state index in [1.807, 2.05) is 0 Å². The van der Waals surface area contributed by atoms with Gasteiger partial charge < -0.3 is 4.74 Å². The van der Waals surface area contributed by atoms with Crippen molar-refractivity contribution < 1.29 is 22.7 Å². The van der Waals surface area contributed by atoms with E-state index in [1.54, 1.807) is 6.92 Å². The monoisotopic (exact) mass is 294 g/mol. The van der Waals surface area contributed by atoms with Crippen molar-refractivity contribution in [2.24, 2.45) is 0 Å². The Kier molecular flexibility index (Phi) is 5.66. The Morgan fingerprint density at radius 1 is 1.37 bits per heavy atom. The lowest BCUT2D eigenvalue weighted by Gasteiger charge is -2.12. The fourth-order valence-corrected chi connectivity index (χ4v) is 1.76. The summed E-state index contributed by atoms with van der Waals surface area (Å²) in [4.78, 5) is 11.7. The third-order valence-electron chi connectivity index (χ3n) is 2.51. The van der Waals surface area contributed by atoms with Crippen LogP contribution in [-0.4, -0.2) is 18.5 Å². The lowest BCUT2D eigenvalue weighted by atomic mass is 10.00. The van der Waals surface area contributed by atoms with E-state index in [0.717, 1.165) is 12.1 Å². The van der Waals surface area contributed by atoms with E-state index < -0.39 is 17.7 Å². The van der Waals surface area contributed by atoms with Gasteiger partial charge in [-0.1, -0.05) is 6.07 Å². The number of carbonyl (C=O) groups is 1. The SMILES string of the molecule is CCOC(=O)c1cc(C(F)(F)F)ccc1CCCCl. The second-order valence-electron chi connectivity index (χ2n) is 3.88. The number of hydrogen-bond donors (Lipinski definition) is 0. The molecule has 0 N–H and O–H groups in total. The zero-order valence-electron chi connectivity index (χ0n) is 10.4. The van der Waals surface area contributed by atoms with Crippen molar-refractivity contribution in [3.8, 4) is 0 Å². The predicted molar refractivity (Wildman–Crippen MR) is 66.4 cm³/mol. The molecule has 106 valence electrons. The summed E-state index contributed by atoms with van der Waals surface area (Å²) in [5.74, 6) is -0.360. The normalized spacial score (nSPS) is 11.4. The van der Waals surface area contributed by atoms with Gasteiger partial charge in [0.15, 0.2) is 0 Å². The Morgan fingerprint density at radius 3 is 2.58 bits per heavy atom. The molecular formula is C13H14ClF3O2. The molecule has 1 aromatic carbocycles. The molecule has 0 aliphatic carbocycles. The summed E-state index contributed by atoms with van der Waals surface area (Å²) in [5, 5.41) is 0. The second-order valence-corrected chi connectivity index (χ2v) is 4.26. The standard InChI is InChI=1S/C13H14ClF3O2/c1-2-19-12(18)11-8-10(13(15,16)17)6-5-9(11)4-3-7-14/h5-6,8H,2-4,7H2,1H3. The molecular weight excluding hydrogens is 281 g/mol. The summed E-state index contributed by atoms with van der Waals surface area (Å²) in [6.45, 7) is 1.72. The molecule has 0 aromatic heterocycles. The van der Waals surface area contributed by atoms with Gasteiger partial charge in [0, 0.05) is 5.88 Å². The van der Waals surface area contributed by atoms with E-state index in [1.165, 1.54) is 6.07 Å². The van der Waals surface area contributed by atoms with Gasteiger partial charge in [0.25, 0.3) is 0 Å². The minimum atomic E-state index is -4.48. The maximum Gasteiger partial charge on any atom is 0.416 e. The van der Waals surface area contributed by atoms with E-state index in [4.69, 9.17) is 16.3 Å². The number of ether oxygens (including phenoxy) is 1. The average Bonchev–Trinajstić information content (AvgIpc) is 2.35. The number of hydrogen-bond acceptors (Lipinski definition) is 2. The second kappa shape index (κ2) is 6.80. The molecule has 0 unspecified atom stereocenters. The van der Waals surface area contributed by atoms with Crippen molar-refractivity contribution in [2.45, 2.75) is 25.9 Å². The van der Waals surface area contributed by atoms with Crippen LogP contribution in [0, 0.1) is 0 Å². The highest BCUT2D eigenvalue weighted by molar-refractivity contribution is 6.17. The van der Waals surface area contributed by atoms with Gasteiger partial charge in [-0.25, -0.2) is 4.79 Å². The summed E-state index contributed by atoms with van der Waals surface area (Å²) in [5.41, 5.74) is -0.376. The van der Waals surface area contributed by atoms with Gasteiger partial charge in [-0.15, -0.1) is 11.6 Å². The van der Waals surface area contributed by atoms with Crippen LogP contribution in [0.5, 0.6) is 0 Å². The Bertz CT molecular complexity index is 444. The molecule has 0 saturated heterocycles. The molecule has 6 heteroatoms. The first-order chi connectivity index (χ1) is 8.90. The minimum absolute atomic E-state index is 0.0400. The molecule has 0 aliphatic rings. The first-order valence-corrected chi connectivity index (χ1v) is 6.36. The highest BCUT2D eigenvalue weighted by atomic mass is 35.5. The molecule has 0 radical (unpaired) electrons. The Morgan fingerprint density at radius 2 is 2.05 bits per heavy atom. The van der Waals surface area contributed by atoms with E-state index >= 15 is 0 Å². The van der Waals surface area contributed by atoms with Crippen LogP contribution in [0.1, 0.15) is 34.8 Å². The summed E-state index contributed by atoms with van der Waals surface area (Å²) in [6.07, 6.45) is -3.46. The van der Waals surface area contributed by atoms with Gasteiger partial charge in [0.2, 0.25) is 0 Å². The van der Waals surface area contributed by atoms with Gasteiger partial charge in [-0.3, -0.25) is 0 Å². The molecule has 1 rings (SSSR count). The fourth-order valence-electron chi connectivity index (χ4n) is 1.63. The summed E-state index contributed by atoms with van der Waals surface area (Å²) < 4.78 is 42.7. The molecule has 0 heterocycles. The molecule has 0 atom stereocenters. The number of carbonyl (C=O) groups excluding carboxylic acids is 1. The number of alkyl halides is 4. The molecule has 0 bridgehead atoms. The van der Waals surface area contributed by atoms with E-state index in [0.29, 0.717) is 24.3 Å². The van der Waals surface area contributed by atoms with Crippen LogP contribution in [0.2, 0.25) is 0 Å².